The first-order valence-corrected chi connectivity index (χ1v) is 11.0. The SMILES string of the molecule is CCOC(=O)CCc1c[nH]c2c(-c3noc(-c4ccc(OC(C)C)c(Cl)c4)n3)ccc(F)c12. The van der Waals surface area contributed by atoms with Crippen LogP contribution in [0.2, 0.25) is 5.02 Å². The third kappa shape index (κ3) is 4.85. The van der Waals surface area contributed by atoms with E-state index in [4.69, 9.17) is 25.6 Å². The first-order valence-electron chi connectivity index (χ1n) is 10.6. The zero-order valence-electron chi connectivity index (χ0n) is 18.4. The van der Waals surface area contributed by atoms with Gasteiger partial charge in [-0.2, -0.15) is 4.98 Å². The average Bonchev–Trinajstić information content (AvgIpc) is 3.42. The third-order valence-corrected chi connectivity index (χ3v) is 5.27. The summed E-state index contributed by atoms with van der Waals surface area (Å²) in [6.45, 7) is 5.89. The van der Waals surface area contributed by atoms with Crippen LogP contribution in [0.15, 0.2) is 41.1 Å². The van der Waals surface area contributed by atoms with Crippen molar-refractivity contribution in [1.82, 2.24) is 15.1 Å². The van der Waals surface area contributed by atoms with E-state index in [1.807, 2.05) is 13.8 Å². The van der Waals surface area contributed by atoms with E-state index in [1.54, 1.807) is 37.4 Å². The monoisotopic (exact) mass is 471 g/mol. The van der Waals surface area contributed by atoms with Crippen LogP contribution < -0.4 is 4.74 Å². The highest BCUT2D eigenvalue weighted by Gasteiger charge is 2.19. The number of benzene rings is 2. The molecule has 0 amide bonds. The minimum atomic E-state index is -0.398. The number of fused-ring (bicyclic) bond motifs is 1. The molecular formula is C24H23ClFN3O4. The van der Waals surface area contributed by atoms with Gasteiger partial charge in [0.05, 0.1) is 23.3 Å². The van der Waals surface area contributed by atoms with Crippen LogP contribution in [-0.4, -0.2) is 33.8 Å². The van der Waals surface area contributed by atoms with Gasteiger partial charge in [0.1, 0.15) is 11.6 Å². The zero-order chi connectivity index (χ0) is 23.5. The number of hydrogen-bond donors (Lipinski definition) is 1. The molecule has 1 N–H and O–H groups in total. The molecule has 2 heterocycles. The normalized spacial score (nSPS) is 11.3. The quantitative estimate of drug-likeness (QED) is 0.319. The van der Waals surface area contributed by atoms with Crippen molar-refractivity contribution in [3.63, 3.8) is 0 Å². The number of carbonyl (C=O) groups is 1. The zero-order valence-corrected chi connectivity index (χ0v) is 19.2. The summed E-state index contributed by atoms with van der Waals surface area (Å²) in [7, 11) is 0. The summed E-state index contributed by atoms with van der Waals surface area (Å²) < 4.78 is 30.7. The molecule has 4 aromatic rings. The number of halogens is 2. The van der Waals surface area contributed by atoms with Crippen molar-refractivity contribution in [2.45, 2.75) is 39.7 Å². The number of esters is 1. The molecule has 0 aliphatic heterocycles. The number of hydrogen-bond acceptors (Lipinski definition) is 6. The highest BCUT2D eigenvalue weighted by molar-refractivity contribution is 6.32. The van der Waals surface area contributed by atoms with Crippen LogP contribution in [0.25, 0.3) is 33.7 Å². The topological polar surface area (TPSA) is 90.2 Å². The second kappa shape index (κ2) is 9.62. The first kappa shape index (κ1) is 22.8. The van der Waals surface area contributed by atoms with Crippen molar-refractivity contribution in [2.75, 3.05) is 6.61 Å². The van der Waals surface area contributed by atoms with Crippen LogP contribution in [0.5, 0.6) is 5.75 Å². The Morgan fingerprint density at radius 1 is 1.27 bits per heavy atom. The minimum absolute atomic E-state index is 0.00720. The fourth-order valence-electron chi connectivity index (χ4n) is 3.56. The summed E-state index contributed by atoms with van der Waals surface area (Å²) in [4.78, 5) is 19.3. The van der Waals surface area contributed by atoms with Crippen molar-refractivity contribution >= 4 is 28.5 Å². The second-order valence-electron chi connectivity index (χ2n) is 7.70. The average molecular weight is 472 g/mol. The maximum Gasteiger partial charge on any atom is 0.306 e. The Hall–Kier alpha value is -3.39. The summed E-state index contributed by atoms with van der Waals surface area (Å²) in [5.41, 5.74) is 2.41. The number of nitrogens with zero attached hydrogens (tertiary/aromatic N) is 2. The van der Waals surface area contributed by atoms with Crippen molar-refractivity contribution in [1.29, 1.82) is 0 Å². The molecule has 0 aliphatic rings. The fraction of sp³-hybridized carbons (Fsp3) is 0.292. The lowest BCUT2D eigenvalue weighted by atomic mass is 10.0. The Kier molecular flexibility index (Phi) is 6.65. The smallest absolute Gasteiger partial charge is 0.306 e. The summed E-state index contributed by atoms with van der Waals surface area (Å²) in [5.74, 6) is 0.416. The Morgan fingerprint density at radius 2 is 2.09 bits per heavy atom. The summed E-state index contributed by atoms with van der Waals surface area (Å²) in [6.07, 6.45) is 2.19. The molecule has 0 atom stereocenters. The van der Waals surface area contributed by atoms with Crippen molar-refractivity contribution in [3.8, 4) is 28.6 Å². The molecule has 0 unspecified atom stereocenters. The third-order valence-electron chi connectivity index (χ3n) is 4.98. The standard InChI is InChI=1S/C24H23ClFN3O4/c1-4-31-20(30)10-6-15-12-27-22-16(7-8-18(26)21(15)22)23-28-24(33-29-23)14-5-9-19(17(25)11-14)32-13(2)3/h5,7-9,11-13,27H,4,6,10H2,1-3H3. The molecule has 0 spiro atoms. The highest BCUT2D eigenvalue weighted by atomic mass is 35.5. The van der Waals surface area contributed by atoms with Gasteiger partial charge in [0.2, 0.25) is 5.82 Å². The molecule has 0 bridgehead atoms. The van der Waals surface area contributed by atoms with Gasteiger partial charge in [-0.1, -0.05) is 16.8 Å². The van der Waals surface area contributed by atoms with Crippen LogP contribution in [0, 0.1) is 5.82 Å². The second-order valence-corrected chi connectivity index (χ2v) is 8.11. The van der Waals surface area contributed by atoms with Gasteiger partial charge in [0.25, 0.3) is 5.89 Å². The van der Waals surface area contributed by atoms with Gasteiger partial charge in [-0.05, 0) is 63.1 Å². The maximum absolute atomic E-state index is 14.7. The van der Waals surface area contributed by atoms with Gasteiger partial charge in [0, 0.05) is 29.1 Å². The first-order chi connectivity index (χ1) is 15.9. The molecule has 0 radical (unpaired) electrons. The van der Waals surface area contributed by atoms with Crippen molar-refractivity contribution in [2.24, 2.45) is 0 Å². The van der Waals surface area contributed by atoms with E-state index in [0.29, 0.717) is 57.2 Å². The van der Waals surface area contributed by atoms with Crippen LogP contribution in [-0.2, 0) is 16.0 Å². The van der Waals surface area contributed by atoms with E-state index in [9.17, 15) is 9.18 Å². The molecule has 2 aromatic heterocycles. The minimum Gasteiger partial charge on any atom is -0.489 e. The number of aryl methyl sites for hydroxylation is 1. The van der Waals surface area contributed by atoms with Gasteiger partial charge in [-0.3, -0.25) is 4.79 Å². The predicted octanol–water partition coefficient (Wildman–Crippen LogP) is 5.96. The molecule has 0 saturated heterocycles. The van der Waals surface area contributed by atoms with Crippen molar-refractivity contribution < 1.29 is 23.2 Å². The molecule has 33 heavy (non-hydrogen) atoms. The van der Waals surface area contributed by atoms with E-state index < -0.39 is 5.82 Å². The number of aromatic amines is 1. The molecule has 172 valence electrons. The molecule has 0 aliphatic carbocycles. The van der Waals surface area contributed by atoms with E-state index in [2.05, 4.69) is 15.1 Å². The molecule has 0 saturated carbocycles. The molecule has 7 nitrogen and oxygen atoms in total. The highest BCUT2D eigenvalue weighted by Crippen LogP contribution is 2.34. The van der Waals surface area contributed by atoms with Gasteiger partial charge >= 0.3 is 5.97 Å². The molecule has 0 fully saturated rings. The maximum atomic E-state index is 14.7. The molecule has 9 heteroatoms. The van der Waals surface area contributed by atoms with Crippen LogP contribution in [0.4, 0.5) is 4.39 Å². The number of aromatic nitrogens is 3. The number of nitrogens with one attached hydrogen (secondary N) is 1. The number of ether oxygens (including phenoxy) is 2. The van der Waals surface area contributed by atoms with Crippen molar-refractivity contribution in [3.05, 3.63) is 52.9 Å². The van der Waals surface area contributed by atoms with Crippen LogP contribution in [0.1, 0.15) is 32.8 Å². The van der Waals surface area contributed by atoms with E-state index in [0.717, 1.165) is 0 Å². The Labute approximate surface area is 194 Å². The Balaban J connectivity index is 1.64. The van der Waals surface area contributed by atoms with Gasteiger partial charge in [0.15, 0.2) is 0 Å². The number of rotatable bonds is 8. The lowest BCUT2D eigenvalue weighted by Crippen LogP contribution is -2.05. The molecule has 2 aromatic carbocycles. The lowest BCUT2D eigenvalue weighted by Gasteiger charge is -2.11. The largest absolute Gasteiger partial charge is 0.489 e. The van der Waals surface area contributed by atoms with E-state index in [-0.39, 0.29) is 24.4 Å². The van der Waals surface area contributed by atoms with Crippen LogP contribution in [0.3, 0.4) is 0 Å². The summed E-state index contributed by atoms with van der Waals surface area (Å²) in [5, 5.41) is 4.90. The molecular weight excluding hydrogens is 449 g/mol. The van der Waals surface area contributed by atoms with Gasteiger partial charge in [-0.15, -0.1) is 0 Å². The van der Waals surface area contributed by atoms with E-state index >= 15 is 0 Å². The predicted molar refractivity (Wildman–Crippen MR) is 123 cm³/mol. The van der Waals surface area contributed by atoms with Crippen LogP contribution >= 0.6 is 11.6 Å². The summed E-state index contributed by atoms with van der Waals surface area (Å²) in [6, 6.07) is 8.16. The lowest BCUT2D eigenvalue weighted by molar-refractivity contribution is -0.143. The Morgan fingerprint density at radius 3 is 2.82 bits per heavy atom. The van der Waals surface area contributed by atoms with Gasteiger partial charge in [-0.25, -0.2) is 4.39 Å². The van der Waals surface area contributed by atoms with Gasteiger partial charge < -0.3 is 19.0 Å². The molecule has 4 rings (SSSR count). The summed E-state index contributed by atoms with van der Waals surface area (Å²) >= 11 is 6.32. The fourth-order valence-corrected chi connectivity index (χ4v) is 3.78. The Bertz CT molecular complexity index is 1300. The number of H-pyrrole nitrogens is 1. The van der Waals surface area contributed by atoms with E-state index in [1.165, 1.54) is 6.07 Å². The number of carbonyl (C=O) groups excluding carboxylic acids is 1.